The summed E-state index contributed by atoms with van der Waals surface area (Å²) in [4.78, 5) is 15.8. The molecule has 0 saturated carbocycles. The van der Waals surface area contributed by atoms with Crippen LogP contribution < -0.4 is 5.32 Å². The number of halogens is 6. The molecule has 0 bridgehead atoms. The molecule has 0 aliphatic heterocycles. The molecule has 2 aromatic heterocycles. The maximum absolute atomic E-state index is 13.0. The van der Waals surface area contributed by atoms with Crippen LogP contribution in [0.1, 0.15) is 41.9 Å². The van der Waals surface area contributed by atoms with Crippen molar-refractivity contribution in [3.05, 3.63) is 65.6 Å². The number of hydrogen-bond acceptors (Lipinski definition) is 4. The number of sulfone groups is 1. The van der Waals surface area contributed by atoms with Crippen molar-refractivity contribution >= 4 is 21.4 Å². The van der Waals surface area contributed by atoms with Gasteiger partial charge in [0.2, 0.25) is 0 Å². The predicted molar refractivity (Wildman–Crippen MR) is 110 cm³/mol. The standard InChI is InChI=1S/C21H19F6N3O3S/c1-19(2,34(32,33)15-5-3-4-13(10-15)20(22,23)24)8-9-28-18(31)16-12-30-11-14(21(25,26)27)6-7-17(30)29-16/h3-7,10-12H,8-9H2,1-2H3,(H,28,31). The minimum Gasteiger partial charge on any atom is -0.351 e. The average molecular weight is 507 g/mol. The van der Waals surface area contributed by atoms with Crippen molar-refractivity contribution in [1.82, 2.24) is 14.7 Å². The Balaban J connectivity index is 1.71. The van der Waals surface area contributed by atoms with Gasteiger partial charge >= 0.3 is 12.4 Å². The molecule has 0 unspecified atom stereocenters. The molecule has 1 N–H and O–H groups in total. The van der Waals surface area contributed by atoms with E-state index in [1.165, 1.54) is 13.8 Å². The molecule has 3 aromatic rings. The van der Waals surface area contributed by atoms with Gasteiger partial charge in [-0.2, -0.15) is 26.3 Å². The van der Waals surface area contributed by atoms with Crippen LogP contribution in [0.15, 0.2) is 53.7 Å². The summed E-state index contributed by atoms with van der Waals surface area (Å²) >= 11 is 0. The lowest BCUT2D eigenvalue weighted by Crippen LogP contribution is -2.37. The summed E-state index contributed by atoms with van der Waals surface area (Å²) in [6, 6.07) is 5.31. The highest BCUT2D eigenvalue weighted by Gasteiger charge is 2.38. The van der Waals surface area contributed by atoms with E-state index in [1.54, 1.807) is 0 Å². The van der Waals surface area contributed by atoms with Crippen LogP contribution in [0, 0.1) is 0 Å². The van der Waals surface area contributed by atoms with Crippen molar-refractivity contribution in [3.63, 3.8) is 0 Å². The largest absolute Gasteiger partial charge is 0.417 e. The molecule has 13 heteroatoms. The van der Waals surface area contributed by atoms with E-state index in [0.29, 0.717) is 6.07 Å². The van der Waals surface area contributed by atoms with E-state index in [0.717, 1.165) is 47.1 Å². The number of aromatic nitrogens is 2. The SMILES string of the molecule is CC(C)(CCNC(=O)c1cn2cc(C(F)(F)F)ccc2n1)S(=O)(=O)c1cccc(C(F)(F)F)c1. The van der Waals surface area contributed by atoms with E-state index < -0.39 is 48.9 Å². The third-order valence-corrected chi connectivity index (χ3v) is 7.76. The van der Waals surface area contributed by atoms with E-state index >= 15 is 0 Å². The number of fused-ring (bicyclic) bond motifs is 1. The first-order valence-electron chi connectivity index (χ1n) is 9.78. The molecule has 6 nitrogen and oxygen atoms in total. The van der Waals surface area contributed by atoms with Crippen LogP contribution in [0.3, 0.4) is 0 Å². The summed E-state index contributed by atoms with van der Waals surface area (Å²) in [5, 5.41) is 2.44. The maximum atomic E-state index is 13.0. The maximum Gasteiger partial charge on any atom is 0.417 e. The van der Waals surface area contributed by atoms with Crippen molar-refractivity contribution in [3.8, 4) is 0 Å². The molecule has 0 atom stereocenters. The molecular weight excluding hydrogens is 488 g/mol. The number of pyridine rings is 1. The third-order valence-electron chi connectivity index (χ3n) is 5.22. The number of rotatable bonds is 6. The Morgan fingerprint density at radius 3 is 2.24 bits per heavy atom. The molecule has 0 aliphatic rings. The number of alkyl halides is 6. The van der Waals surface area contributed by atoms with Crippen LogP contribution in [0.5, 0.6) is 0 Å². The molecule has 0 saturated heterocycles. The molecule has 3 rings (SSSR count). The second-order valence-electron chi connectivity index (χ2n) is 8.10. The van der Waals surface area contributed by atoms with E-state index in [4.69, 9.17) is 0 Å². The highest BCUT2D eigenvalue weighted by molar-refractivity contribution is 7.92. The number of imidazole rings is 1. The first-order chi connectivity index (χ1) is 15.5. The van der Waals surface area contributed by atoms with Gasteiger partial charge in [-0.1, -0.05) is 6.07 Å². The molecular formula is C21H19F6N3O3S. The molecule has 0 radical (unpaired) electrons. The Bertz CT molecular complexity index is 1330. The Kier molecular flexibility index (Phi) is 6.46. The minimum absolute atomic E-state index is 0.102. The normalized spacial score (nSPS) is 13.3. The van der Waals surface area contributed by atoms with Crippen LogP contribution >= 0.6 is 0 Å². The van der Waals surface area contributed by atoms with Crippen LogP contribution in [0.25, 0.3) is 5.65 Å². The Labute approximate surface area is 190 Å². The monoisotopic (exact) mass is 507 g/mol. The smallest absolute Gasteiger partial charge is 0.351 e. The predicted octanol–water partition coefficient (Wildman–Crippen LogP) is 4.74. The fourth-order valence-electron chi connectivity index (χ4n) is 3.13. The van der Waals surface area contributed by atoms with Crippen LogP contribution in [-0.4, -0.2) is 35.0 Å². The van der Waals surface area contributed by atoms with Gasteiger partial charge in [-0.05, 0) is 50.6 Å². The topological polar surface area (TPSA) is 80.5 Å². The summed E-state index contributed by atoms with van der Waals surface area (Å²) in [6.07, 6.45) is -7.55. The van der Waals surface area contributed by atoms with Crippen molar-refractivity contribution < 1.29 is 39.6 Å². The average Bonchev–Trinajstić information content (AvgIpc) is 3.16. The van der Waals surface area contributed by atoms with Gasteiger partial charge in [0.05, 0.1) is 20.8 Å². The van der Waals surface area contributed by atoms with Crippen molar-refractivity contribution in [2.45, 2.75) is 42.3 Å². The molecule has 1 aromatic carbocycles. The zero-order valence-electron chi connectivity index (χ0n) is 17.8. The molecule has 1 amide bonds. The van der Waals surface area contributed by atoms with Crippen LogP contribution in [-0.2, 0) is 22.2 Å². The number of carbonyl (C=O) groups is 1. The number of hydrogen-bond donors (Lipinski definition) is 1. The number of amides is 1. The summed E-state index contributed by atoms with van der Waals surface area (Å²) in [6.45, 7) is 2.46. The Hall–Kier alpha value is -3.09. The number of carbonyl (C=O) groups excluding carboxylic acids is 1. The second kappa shape index (κ2) is 8.60. The fourth-order valence-corrected chi connectivity index (χ4v) is 4.68. The lowest BCUT2D eigenvalue weighted by atomic mass is 10.1. The second-order valence-corrected chi connectivity index (χ2v) is 10.7. The van der Waals surface area contributed by atoms with Gasteiger partial charge < -0.3 is 9.72 Å². The molecule has 2 heterocycles. The molecule has 34 heavy (non-hydrogen) atoms. The Morgan fingerprint density at radius 2 is 1.62 bits per heavy atom. The summed E-state index contributed by atoms with van der Waals surface area (Å²) < 4.78 is 103. The third kappa shape index (κ3) is 5.18. The van der Waals surface area contributed by atoms with Crippen LogP contribution in [0.2, 0.25) is 0 Å². The van der Waals surface area contributed by atoms with Gasteiger partial charge in [0.25, 0.3) is 5.91 Å². The van der Waals surface area contributed by atoms with Gasteiger partial charge in [0.1, 0.15) is 11.3 Å². The molecule has 0 aliphatic carbocycles. The molecule has 0 spiro atoms. The van der Waals surface area contributed by atoms with Crippen molar-refractivity contribution in [2.75, 3.05) is 6.54 Å². The lowest BCUT2D eigenvalue weighted by molar-refractivity contribution is -0.138. The van der Waals surface area contributed by atoms with Crippen molar-refractivity contribution in [2.24, 2.45) is 0 Å². The molecule has 0 fully saturated rings. The van der Waals surface area contributed by atoms with Crippen molar-refractivity contribution in [1.29, 1.82) is 0 Å². The van der Waals surface area contributed by atoms with Gasteiger partial charge in [0, 0.05) is 18.9 Å². The van der Waals surface area contributed by atoms with E-state index in [2.05, 4.69) is 10.3 Å². The zero-order chi connectivity index (χ0) is 25.5. The number of nitrogens with one attached hydrogen (secondary N) is 1. The highest BCUT2D eigenvalue weighted by Crippen LogP contribution is 2.34. The molecule has 184 valence electrons. The number of nitrogens with zero attached hydrogens (tertiary/aromatic N) is 2. The van der Waals surface area contributed by atoms with Gasteiger partial charge in [-0.25, -0.2) is 13.4 Å². The first-order valence-corrected chi connectivity index (χ1v) is 11.3. The van der Waals surface area contributed by atoms with E-state index in [9.17, 15) is 39.6 Å². The highest BCUT2D eigenvalue weighted by atomic mass is 32.2. The quantitative estimate of drug-likeness (QED) is 0.489. The van der Waals surface area contributed by atoms with E-state index in [1.807, 2.05) is 0 Å². The summed E-state index contributed by atoms with van der Waals surface area (Å²) in [5.74, 6) is -0.746. The van der Waals surface area contributed by atoms with Gasteiger partial charge in [0.15, 0.2) is 9.84 Å². The van der Waals surface area contributed by atoms with Gasteiger partial charge in [-0.3, -0.25) is 4.79 Å². The first kappa shape index (κ1) is 25.5. The number of benzene rings is 1. The minimum atomic E-state index is -4.71. The van der Waals surface area contributed by atoms with E-state index in [-0.39, 0.29) is 24.3 Å². The zero-order valence-corrected chi connectivity index (χ0v) is 18.6. The lowest BCUT2D eigenvalue weighted by Gasteiger charge is -2.25. The fraction of sp³-hybridized carbons (Fsp3) is 0.333. The van der Waals surface area contributed by atoms with Gasteiger partial charge in [-0.15, -0.1) is 0 Å². The van der Waals surface area contributed by atoms with Crippen LogP contribution in [0.4, 0.5) is 26.3 Å². The Morgan fingerprint density at radius 1 is 0.971 bits per heavy atom. The summed E-state index contributed by atoms with van der Waals surface area (Å²) in [7, 11) is -4.20. The summed E-state index contributed by atoms with van der Waals surface area (Å²) in [5.41, 5.74) is -2.10.